The van der Waals surface area contributed by atoms with Gasteiger partial charge in [-0.25, -0.2) is 8.78 Å². The fourth-order valence-corrected chi connectivity index (χ4v) is 1.20. The molecule has 0 saturated carbocycles. The third kappa shape index (κ3) is 3.36. The number of rotatable bonds is 3. The number of halogens is 5. The average molecular weight is 255 g/mol. The van der Waals surface area contributed by atoms with Crippen molar-refractivity contribution in [3.05, 3.63) is 29.1 Å². The average Bonchev–Trinajstić information content (AvgIpc) is 2.14. The maximum Gasteiger partial charge on any atom is 0.418 e. The molecule has 0 atom stereocenters. The number of pyridine rings is 1. The van der Waals surface area contributed by atoms with E-state index in [1.807, 2.05) is 0 Å². The summed E-state index contributed by atoms with van der Waals surface area (Å²) in [6.45, 7) is 0. The van der Waals surface area contributed by atoms with Crippen LogP contribution in [-0.2, 0) is 17.4 Å². The maximum absolute atomic E-state index is 12.4. The second-order valence-electron chi connectivity index (χ2n) is 3.14. The molecule has 0 aromatic carbocycles. The Morgan fingerprint density at radius 3 is 2.41 bits per heavy atom. The van der Waals surface area contributed by atoms with Gasteiger partial charge in [-0.2, -0.15) is 13.2 Å². The van der Waals surface area contributed by atoms with Crippen LogP contribution in [0.4, 0.5) is 22.0 Å². The number of nitrogens with zero attached hydrogens (tertiary/aromatic N) is 1. The highest BCUT2D eigenvalue weighted by Crippen LogP contribution is 2.33. The highest BCUT2D eigenvalue weighted by atomic mass is 19.4. The molecular formula is C9H6F5NO2. The summed E-state index contributed by atoms with van der Waals surface area (Å²) in [5.41, 5.74) is -2.92. The molecule has 8 heteroatoms. The summed E-state index contributed by atoms with van der Waals surface area (Å²) in [5, 5.41) is 8.41. The Balaban J connectivity index is 3.26. The molecule has 1 heterocycles. The van der Waals surface area contributed by atoms with Crippen LogP contribution in [0.2, 0.25) is 0 Å². The number of carboxylic acids is 1. The van der Waals surface area contributed by atoms with Crippen LogP contribution in [0.5, 0.6) is 0 Å². The van der Waals surface area contributed by atoms with E-state index in [2.05, 4.69) is 4.98 Å². The Morgan fingerprint density at radius 1 is 1.41 bits per heavy atom. The smallest absolute Gasteiger partial charge is 0.418 e. The molecule has 0 spiro atoms. The number of aliphatic carboxylic acids is 1. The molecule has 1 rings (SSSR count). The van der Waals surface area contributed by atoms with Crippen molar-refractivity contribution in [3.8, 4) is 0 Å². The lowest BCUT2D eigenvalue weighted by molar-refractivity contribution is -0.139. The van der Waals surface area contributed by atoms with Gasteiger partial charge in [0.2, 0.25) is 0 Å². The van der Waals surface area contributed by atoms with Crippen molar-refractivity contribution in [2.45, 2.75) is 19.0 Å². The van der Waals surface area contributed by atoms with Crippen LogP contribution in [0.1, 0.15) is 23.2 Å². The van der Waals surface area contributed by atoms with Crippen LogP contribution in [-0.4, -0.2) is 16.1 Å². The molecule has 1 aromatic rings. The van der Waals surface area contributed by atoms with Crippen LogP contribution in [0.15, 0.2) is 12.3 Å². The SMILES string of the molecule is O=C(O)Cc1cc(C(F)F)ncc1C(F)(F)F. The Morgan fingerprint density at radius 2 is 2.00 bits per heavy atom. The van der Waals surface area contributed by atoms with Crippen LogP contribution in [0.25, 0.3) is 0 Å². The Kier molecular flexibility index (Phi) is 3.64. The molecular weight excluding hydrogens is 249 g/mol. The molecule has 0 unspecified atom stereocenters. The highest BCUT2D eigenvalue weighted by Gasteiger charge is 2.34. The molecule has 1 N–H and O–H groups in total. The highest BCUT2D eigenvalue weighted by molar-refractivity contribution is 5.70. The van der Waals surface area contributed by atoms with E-state index in [1.54, 1.807) is 0 Å². The first-order chi connectivity index (χ1) is 7.71. The Hall–Kier alpha value is -1.73. The second-order valence-corrected chi connectivity index (χ2v) is 3.14. The van der Waals surface area contributed by atoms with E-state index in [0.717, 1.165) is 0 Å². The molecule has 94 valence electrons. The monoisotopic (exact) mass is 255 g/mol. The minimum Gasteiger partial charge on any atom is -0.481 e. The first kappa shape index (κ1) is 13.3. The van der Waals surface area contributed by atoms with Crippen molar-refractivity contribution in [2.75, 3.05) is 0 Å². The van der Waals surface area contributed by atoms with Crippen molar-refractivity contribution in [2.24, 2.45) is 0 Å². The molecule has 0 aliphatic heterocycles. The maximum atomic E-state index is 12.4. The number of alkyl halides is 5. The zero-order chi connectivity index (χ0) is 13.2. The summed E-state index contributed by atoms with van der Waals surface area (Å²) >= 11 is 0. The predicted octanol–water partition coefficient (Wildman–Crippen LogP) is 2.67. The molecule has 0 radical (unpaired) electrons. The molecule has 0 saturated heterocycles. The lowest BCUT2D eigenvalue weighted by Crippen LogP contribution is -2.14. The van der Waals surface area contributed by atoms with Crippen molar-refractivity contribution < 1.29 is 31.9 Å². The number of carboxylic acid groups (broad SMARTS) is 1. The topological polar surface area (TPSA) is 50.2 Å². The van der Waals surface area contributed by atoms with Gasteiger partial charge in [-0.05, 0) is 11.6 Å². The van der Waals surface area contributed by atoms with Gasteiger partial charge < -0.3 is 5.11 Å². The summed E-state index contributed by atoms with van der Waals surface area (Å²) in [6, 6.07) is 0.460. The van der Waals surface area contributed by atoms with Crippen LogP contribution < -0.4 is 0 Å². The number of hydrogen-bond donors (Lipinski definition) is 1. The van der Waals surface area contributed by atoms with Crippen molar-refractivity contribution in [1.29, 1.82) is 0 Å². The second kappa shape index (κ2) is 4.64. The van der Waals surface area contributed by atoms with Crippen LogP contribution >= 0.6 is 0 Å². The zero-order valence-electron chi connectivity index (χ0n) is 8.13. The summed E-state index contributed by atoms with van der Waals surface area (Å²) in [5.74, 6) is -1.54. The summed E-state index contributed by atoms with van der Waals surface area (Å²) in [7, 11) is 0. The zero-order valence-corrected chi connectivity index (χ0v) is 8.13. The molecule has 3 nitrogen and oxygen atoms in total. The standard InChI is InChI=1S/C9H6F5NO2/c10-8(11)6-1-4(2-7(16)17)5(3-15-6)9(12,13)14/h1,3,8H,2H2,(H,16,17). The minimum absolute atomic E-state index is 0.222. The Bertz CT molecular complexity index is 430. The van der Waals surface area contributed by atoms with Gasteiger partial charge in [-0.1, -0.05) is 0 Å². The van der Waals surface area contributed by atoms with Crippen molar-refractivity contribution in [3.63, 3.8) is 0 Å². The third-order valence-corrected chi connectivity index (χ3v) is 1.88. The normalized spacial score (nSPS) is 11.9. The molecule has 0 amide bonds. The van der Waals surface area contributed by atoms with Gasteiger partial charge >= 0.3 is 12.1 Å². The van der Waals surface area contributed by atoms with E-state index >= 15 is 0 Å². The van der Waals surface area contributed by atoms with E-state index in [9.17, 15) is 26.7 Å². The number of aromatic nitrogens is 1. The van der Waals surface area contributed by atoms with Gasteiger partial charge in [0.05, 0.1) is 12.0 Å². The van der Waals surface area contributed by atoms with E-state index < -0.39 is 41.8 Å². The lowest BCUT2D eigenvalue weighted by Gasteiger charge is -2.12. The summed E-state index contributed by atoms with van der Waals surface area (Å²) in [6.07, 6.45) is -8.64. The van der Waals surface area contributed by atoms with E-state index in [4.69, 9.17) is 5.11 Å². The van der Waals surface area contributed by atoms with Crippen molar-refractivity contribution in [1.82, 2.24) is 4.98 Å². The van der Waals surface area contributed by atoms with Gasteiger partial charge in [0.1, 0.15) is 5.69 Å². The van der Waals surface area contributed by atoms with Gasteiger partial charge in [0, 0.05) is 6.20 Å². The molecule has 0 aliphatic carbocycles. The van der Waals surface area contributed by atoms with E-state index in [0.29, 0.717) is 6.07 Å². The molecule has 17 heavy (non-hydrogen) atoms. The molecule has 0 fully saturated rings. The first-order valence-corrected chi connectivity index (χ1v) is 4.27. The van der Waals surface area contributed by atoms with Gasteiger partial charge in [0.15, 0.2) is 0 Å². The van der Waals surface area contributed by atoms with Gasteiger partial charge in [-0.15, -0.1) is 0 Å². The minimum atomic E-state index is -4.82. The number of hydrogen-bond acceptors (Lipinski definition) is 2. The van der Waals surface area contributed by atoms with Crippen LogP contribution in [0.3, 0.4) is 0 Å². The van der Waals surface area contributed by atoms with Gasteiger partial charge in [0.25, 0.3) is 6.43 Å². The molecule has 0 bridgehead atoms. The predicted molar refractivity (Wildman–Crippen MR) is 45.5 cm³/mol. The van der Waals surface area contributed by atoms with Crippen molar-refractivity contribution >= 4 is 5.97 Å². The third-order valence-electron chi connectivity index (χ3n) is 1.88. The van der Waals surface area contributed by atoms with E-state index in [-0.39, 0.29) is 6.20 Å². The van der Waals surface area contributed by atoms with E-state index in [1.165, 1.54) is 0 Å². The number of carbonyl (C=O) groups is 1. The summed E-state index contributed by atoms with van der Waals surface area (Å²) < 4.78 is 61.7. The fraction of sp³-hybridized carbons (Fsp3) is 0.333. The quantitative estimate of drug-likeness (QED) is 0.845. The summed E-state index contributed by atoms with van der Waals surface area (Å²) in [4.78, 5) is 13.3. The van der Waals surface area contributed by atoms with Crippen LogP contribution in [0, 0.1) is 0 Å². The molecule has 1 aromatic heterocycles. The first-order valence-electron chi connectivity index (χ1n) is 4.27. The largest absolute Gasteiger partial charge is 0.481 e. The Labute approximate surface area is 91.9 Å². The lowest BCUT2D eigenvalue weighted by atomic mass is 10.1. The van der Waals surface area contributed by atoms with Gasteiger partial charge in [-0.3, -0.25) is 9.78 Å². The molecule has 0 aliphatic rings. The fourth-order valence-electron chi connectivity index (χ4n) is 1.20.